The minimum absolute atomic E-state index is 0.00587. The molecule has 2 atom stereocenters. The Morgan fingerprint density at radius 3 is 2.68 bits per heavy atom. The van der Waals surface area contributed by atoms with Crippen LogP contribution in [0.2, 0.25) is 5.02 Å². The number of nitrogens with one attached hydrogen (secondary N) is 1. The summed E-state index contributed by atoms with van der Waals surface area (Å²) in [6, 6.07) is 19.2. The van der Waals surface area contributed by atoms with Crippen molar-refractivity contribution >= 4 is 51.7 Å². The van der Waals surface area contributed by atoms with Gasteiger partial charge in [-0.3, -0.25) is 9.59 Å². The Hall–Kier alpha value is -3.49. The zero-order chi connectivity index (χ0) is 26.1. The van der Waals surface area contributed by atoms with Crippen LogP contribution < -0.4 is 5.32 Å². The molecule has 0 aliphatic carbocycles. The highest BCUT2D eigenvalue weighted by molar-refractivity contribution is 8.15. The maximum atomic E-state index is 13.5. The van der Waals surface area contributed by atoms with Gasteiger partial charge in [0, 0.05) is 23.6 Å². The minimum Gasteiger partial charge on any atom is -0.326 e. The molecule has 2 heterocycles. The second-order valence-corrected chi connectivity index (χ2v) is 10.7. The average Bonchev–Trinajstić information content (AvgIpc) is 3.46. The number of halogens is 2. The number of thioether (sulfide) groups is 1. The first-order chi connectivity index (χ1) is 17.8. The predicted molar refractivity (Wildman–Crippen MR) is 147 cm³/mol. The van der Waals surface area contributed by atoms with E-state index in [4.69, 9.17) is 16.7 Å². The fourth-order valence-electron chi connectivity index (χ4n) is 4.32. The number of aliphatic imine (C=N–C) groups is 1. The van der Waals surface area contributed by atoms with E-state index in [1.165, 1.54) is 23.9 Å². The third kappa shape index (κ3) is 5.60. The van der Waals surface area contributed by atoms with Gasteiger partial charge in [-0.1, -0.05) is 59.8 Å². The molecule has 3 aromatic carbocycles. The summed E-state index contributed by atoms with van der Waals surface area (Å²) in [4.78, 5) is 29.9. The number of amidine groups is 1. The van der Waals surface area contributed by atoms with Gasteiger partial charge in [0.05, 0.1) is 11.8 Å². The summed E-state index contributed by atoms with van der Waals surface area (Å²) in [6.45, 7) is 3.88. The molecule has 2 aliphatic rings. The minimum atomic E-state index is -0.648. The SMILES string of the molecule is Cc1ccc(C)c(NC(=O)C[C@H]2SC(N3N=C(c4ccc(F)cc4)C[C@H]3c3cccc(Cl)c3)=NC2=O)c1. The molecule has 0 fully saturated rings. The molecular weight excluding hydrogens is 511 g/mol. The predicted octanol–water partition coefficient (Wildman–Crippen LogP) is 6.27. The van der Waals surface area contributed by atoms with Crippen LogP contribution in [-0.2, 0) is 9.59 Å². The Morgan fingerprint density at radius 2 is 1.92 bits per heavy atom. The second-order valence-electron chi connectivity index (χ2n) is 9.08. The van der Waals surface area contributed by atoms with Crippen LogP contribution in [-0.4, -0.2) is 33.0 Å². The van der Waals surface area contributed by atoms with Crippen molar-refractivity contribution in [2.75, 3.05) is 5.32 Å². The molecule has 37 heavy (non-hydrogen) atoms. The van der Waals surface area contributed by atoms with Crippen molar-refractivity contribution in [1.82, 2.24) is 5.01 Å². The van der Waals surface area contributed by atoms with E-state index in [0.29, 0.717) is 16.6 Å². The zero-order valence-electron chi connectivity index (χ0n) is 20.2. The van der Waals surface area contributed by atoms with Crippen molar-refractivity contribution in [3.05, 3.63) is 99.8 Å². The van der Waals surface area contributed by atoms with Crippen LogP contribution in [0, 0.1) is 19.7 Å². The maximum absolute atomic E-state index is 13.5. The molecule has 0 aromatic heterocycles. The topological polar surface area (TPSA) is 74.1 Å². The third-order valence-electron chi connectivity index (χ3n) is 6.28. The molecule has 0 unspecified atom stereocenters. The van der Waals surface area contributed by atoms with Crippen molar-refractivity contribution in [1.29, 1.82) is 0 Å². The second kappa shape index (κ2) is 10.5. The van der Waals surface area contributed by atoms with Gasteiger partial charge in [0.1, 0.15) is 11.1 Å². The molecule has 0 saturated heterocycles. The van der Waals surface area contributed by atoms with Gasteiger partial charge in [-0.15, -0.1) is 0 Å². The van der Waals surface area contributed by atoms with Crippen molar-refractivity contribution in [3.63, 3.8) is 0 Å². The number of rotatable bonds is 5. The number of benzene rings is 3. The van der Waals surface area contributed by atoms with Gasteiger partial charge >= 0.3 is 0 Å². The standard InChI is InChI=1S/C28H24ClFN4O2S/c1-16-6-7-17(2)22(12-16)31-26(35)15-25-27(36)32-28(37-25)34-24(19-4-3-5-20(29)13-19)14-23(33-34)18-8-10-21(30)11-9-18/h3-13,24-25H,14-15H2,1-2H3,(H,31,35)/t24-,25+/m0/s1. The number of hydrazone groups is 1. The largest absolute Gasteiger partial charge is 0.326 e. The van der Waals surface area contributed by atoms with Crippen LogP contribution in [0.25, 0.3) is 0 Å². The van der Waals surface area contributed by atoms with Crippen molar-refractivity contribution in [3.8, 4) is 0 Å². The first-order valence-corrected chi connectivity index (χ1v) is 13.1. The summed E-state index contributed by atoms with van der Waals surface area (Å²) in [7, 11) is 0. The first-order valence-electron chi connectivity index (χ1n) is 11.8. The van der Waals surface area contributed by atoms with E-state index in [2.05, 4.69) is 10.3 Å². The smallest absolute Gasteiger partial charge is 0.262 e. The molecule has 6 nitrogen and oxygen atoms in total. The molecule has 0 radical (unpaired) electrons. The highest BCUT2D eigenvalue weighted by Gasteiger charge is 2.39. The van der Waals surface area contributed by atoms with E-state index in [9.17, 15) is 14.0 Å². The van der Waals surface area contributed by atoms with Gasteiger partial charge in [-0.05, 0) is 66.4 Å². The average molecular weight is 535 g/mol. The molecule has 0 bridgehead atoms. The van der Waals surface area contributed by atoms with Gasteiger partial charge in [-0.25, -0.2) is 9.40 Å². The molecule has 2 amide bonds. The maximum Gasteiger partial charge on any atom is 0.262 e. The molecular formula is C28H24ClFN4O2S. The van der Waals surface area contributed by atoms with Crippen LogP contribution in [0.4, 0.5) is 10.1 Å². The van der Waals surface area contributed by atoms with E-state index in [0.717, 1.165) is 33.7 Å². The van der Waals surface area contributed by atoms with Crippen molar-refractivity contribution < 1.29 is 14.0 Å². The Morgan fingerprint density at radius 1 is 1.14 bits per heavy atom. The monoisotopic (exact) mass is 534 g/mol. The van der Waals surface area contributed by atoms with Gasteiger partial charge in [0.2, 0.25) is 5.91 Å². The number of anilines is 1. The Kier molecular flexibility index (Phi) is 7.13. The molecule has 2 aliphatic heterocycles. The lowest BCUT2D eigenvalue weighted by Crippen LogP contribution is -2.25. The van der Waals surface area contributed by atoms with Gasteiger partial charge in [-0.2, -0.15) is 10.1 Å². The highest BCUT2D eigenvalue weighted by atomic mass is 35.5. The Bertz CT molecular complexity index is 1440. The third-order valence-corrected chi connectivity index (χ3v) is 7.66. The van der Waals surface area contributed by atoms with Crippen LogP contribution in [0.1, 0.15) is 41.1 Å². The number of nitrogens with zero attached hydrogens (tertiary/aromatic N) is 3. The number of amides is 2. The van der Waals surface area contributed by atoms with Gasteiger partial charge in [0.25, 0.3) is 5.91 Å². The number of carbonyl (C=O) groups excluding carboxylic acids is 2. The van der Waals surface area contributed by atoms with Crippen LogP contribution >= 0.6 is 23.4 Å². The molecule has 3 aromatic rings. The number of hydrogen-bond acceptors (Lipinski definition) is 5. The zero-order valence-corrected chi connectivity index (χ0v) is 21.8. The summed E-state index contributed by atoms with van der Waals surface area (Å²) < 4.78 is 13.5. The Labute approximate surface area is 223 Å². The first kappa shape index (κ1) is 25.2. The van der Waals surface area contributed by atoms with Crippen molar-refractivity contribution in [2.45, 2.75) is 38.0 Å². The summed E-state index contributed by atoms with van der Waals surface area (Å²) in [5.74, 6) is -0.945. The summed E-state index contributed by atoms with van der Waals surface area (Å²) in [6.07, 6.45) is 0.519. The Balaban J connectivity index is 1.36. The lowest BCUT2D eigenvalue weighted by atomic mass is 9.98. The molecule has 5 rings (SSSR count). The summed E-state index contributed by atoms with van der Waals surface area (Å²) in [5, 5.41) is 9.78. The van der Waals surface area contributed by atoms with E-state index < -0.39 is 5.25 Å². The molecule has 9 heteroatoms. The summed E-state index contributed by atoms with van der Waals surface area (Å²) in [5.41, 5.74) is 5.17. The fourth-order valence-corrected chi connectivity index (χ4v) is 5.58. The molecule has 1 N–H and O–H groups in total. The van der Waals surface area contributed by atoms with Crippen LogP contribution in [0.15, 0.2) is 76.8 Å². The molecule has 0 spiro atoms. The van der Waals surface area contributed by atoms with E-state index in [1.54, 1.807) is 23.2 Å². The lowest BCUT2D eigenvalue weighted by molar-refractivity contribution is -0.121. The van der Waals surface area contributed by atoms with E-state index in [-0.39, 0.29) is 30.1 Å². The number of aryl methyl sites for hydroxylation is 2. The fraction of sp³-hybridized carbons (Fsp3) is 0.214. The molecule has 0 saturated carbocycles. The van der Waals surface area contributed by atoms with Gasteiger partial charge < -0.3 is 5.32 Å². The number of carbonyl (C=O) groups is 2. The quantitative estimate of drug-likeness (QED) is 0.418. The lowest BCUT2D eigenvalue weighted by Gasteiger charge is -2.23. The van der Waals surface area contributed by atoms with Crippen molar-refractivity contribution in [2.24, 2.45) is 10.1 Å². The van der Waals surface area contributed by atoms with Gasteiger partial charge in [0.15, 0.2) is 5.17 Å². The summed E-state index contributed by atoms with van der Waals surface area (Å²) >= 11 is 7.49. The van der Waals surface area contributed by atoms with E-state index in [1.807, 2.05) is 50.2 Å². The van der Waals surface area contributed by atoms with Crippen LogP contribution in [0.3, 0.4) is 0 Å². The van der Waals surface area contributed by atoms with Crippen LogP contribution in [0.5, 0.6) is 0 Å². The highest BCUT2D eigenvalue weighted by Crippen LogP contribution is 2.39. The molecule has 188 valence electrons. The van der Waals surface area contributed by atoms with E-state index >= 15 is 0 Å². The number of hydrogen-bond donors (Lipinski definition) is 1. The normalized spacial score (nSPS) is 19.1.